The van der Waals surface area contributed by atoms with Gasteiger partial charge in [0.25, 0.3) is 10.0 Å². The molecule has 108 valence electrons. The van der Waals surface area contributed by atoms with Crippen LogP contribution in [0.15, 0.2) is 22.5 Å². The molecule has 0 aliphatic carbocycles. The van der Waals surface area contributed by atoms with Gasteiger partial charge in [0.15, 0.2) is 0 Å². The van der Waals surface area contributed by atoms with Gasteiger partial charge >= 0.3 is 5.97 Å². The summed E-state index contributed by atoms with van der Waals surface area (Å²) >= 11 is 1.01. The third-order valence-electron chi connectivity index (χ3n) is 2.62. The van der Waals surface area contributed by atoms with Crippen LogP contribution >= 0.6 is 11.3 Å². The van der Waals surface area contributed by atoms with Crippen LogP contribution in [0.2, 0.25) is 0 Å². The molecule has 20 heavy (non-hydrogen) atoms. The van der Waals surface area contributed by atoms with Gasteiger partial charge in [-0.2, -0.15) is 5.10 Å². The number of rotatable bonds is 5. The molecule has 2 aromatic heterocycles. The Balaban J connectivity index is 2.37. The largest absolute Gasteiger partial charge is 0.465 e. The molecule has 0 amide bonds. The number of aryl methyl sites for hydroxylation is 1. The van der Waals surface area contributed by atoms with Gasteiger partial charge < -0.3 is 4.74 Å². The number of thiophene rings is 1. The van der Waals surface area contributed by atoms with Gasteiger partial charge in [0, 0.05) is 5.56 Å². The first-order valence-electron chi connectivity index (χ1n) is 5.70. The molecule has 2 aromatic rings. The van der Waals surface area contributed by atoms with Gasteiger partial charge in [0.2, 0.25) is 0 Å². The van der Waals surface area contributed by atoms with Gasteiger partial charge in [-0.15, -0.1) is 11.3 Å². The number of aromatic amines is 1. The zero-order valence-corrected chi connectivity index (χ0v) is 12.5. The molecule has 0 saturated heterocycles. The number of methoxy groups -OCH3 is 1. The van der Waals surface area contributed by atoms with Crippen LogP contribution in [0.3, 0.4) is 0 Å². The predicted octanol–water partition coefficient (Wildman–Crippen LogP) is 1.62. The highest BCUT2D eigenvalue weighted by molar-refractivity contribution is 7.93. The Morgan fingerprint density at radius 3 is 2.95 bits per heavy atom. The Morgan fingerprint density at radius 2 is 2.30 bits per heavy atom. The summed E-state index contributed by atoms with van der Waals surface area (Å²) in [7, 11) is -2.67. The summed E-state index contributed by atoms with van der Waals surface area (Å²) in [4.78, 5) is 11.5. The summed E-state index contributed by atoms with van der Waals surface area (Å²) in [6.07, 6.45) is 2.18. The van der Waals surface area contributed by atoms with E-state index in [1.165, 1.54) is 18.6 Å². The topological polar surface area (TPSA) is 101 Å². The number of sulfonamides is 1. The summed E-state index contributed by atoms with van der Waals surface area (Å²) in [5.41, 5.74) is 0.739. The number of hydrogen-bond donors (Lipinski definition) is 2. The van der Waals surface area contributed by atoms with Crippen LogP contribution in [0, 0.1) is 0 Å². The molecule has 0 radical (unpaired) electrons. The Kier molecular flexibility index (Phi) is 4.09. The number of carbonyl (C=O) groups excluding carboxylic acids is 1. The standard InChI is InChI=1S/C11H13N3O4S2/c1-3-7-6-12-13-10(7)14-20(16,17)8-4-5-19-9(8)11(15)18-2/h4-6H,3H2,1-2H3,(H2,12,13,14). The van der Waals surface area contributed by atoms with E-state index in [0.29, 0.717) is 12.2 Å². The third kappa shape index (κ3) is 2.68. The molecule has 2 N–H and O–H groups in total. The van der Waals surface area contributed by atoms with Crippen LogP contribution in [0.4, 0.5) is 5.82 Å². The van der Waals surface area contributed by atoms with Crippen LogP contribution in [-0.2, 0) is 21.2 Å². The van der Waals surface area contributed by atoms with Crippen molar-refractivity contribution in [3.8, 4) is 0 Å². The maximum absolute atomic E-state index is 12.3. The highest BCUT2D eigenvalue weighted by atomic mass is 32.2. The van der Waals surface area contributed by atoms with Crippen LogP contribution in [-0.4, -0.2) is 31.7 Å². The minimum atomic E-state index is -3.87. The molecule has 0 spiro atoms. The predicted molar refractivity (Wildman–Crippen MR) is 74.4 cm³/mol. The third-order valence-corrected chi connectivity index (χ3v) is 5.04. The van der Waals surface area contributed by atoms with Crippen LogP contribution in [0.1, 0.15) is 22.2 Å². The number of nitrogens with zero attached hydrogens (tertiary/aromatic N) is 1. The van der Waals surface area contributed by atoms with Crippen LogP contribution in [0.25, 0.3) is 0 Å². The molecule has 0 unspecified atom stereocenters. The lowest BCUT2D eigenvalue weighted by Crippen LogP contribution is -2.16. The van der Waals surface area contributed by atoms with E-state index < -0.39 is 16.0 Å². The highest BCUT2D eigenvalue weighted by Crippen LogP contribution is 2.25. The molecule has 0 aromatic carbocycles. The lowest BCUT2D eigenvalue weighted by Gasteiger charge is -2.07. The van der Waals surface area contributed by atoms with Gasteiger partial charge in [0.1, 0.15) is 15.6 Å². The summed E-state index contributed by atoms with van der Waals surface area (Å²) in [5.74, 6) is -0.379. The fourth-order valence-electron chi connectivity index (χ4n) is 1.61. The Morgan fingerprint density at radius 1 is 1.55 bits per heavy atom. The molecule has 0 saturated carbocycles. The van der Waals surface area contributed by atoms with E-state index >= 15 is 0 Å². The second kappa shape index (κ2) is 5.63. The Hall–Kier alpha value is -1.87. The second-order valence-corrected chi connectivity index (χ2v) is 6.40. The normalized spacial score (nSPS) is 11.3. The first kappa shape index (κ1) is 14.5. The molecule has 9 heteroatoms. The summed E-state index contributed by atoms with van der Waals surface area (Å²) in [6, 6.07) is 1.36. The zero-order chi connectivity index (χ0) is 14.8. The van der Waals surface area contributed by atoms with Crippen molar-refractivity contribution in [2.75, 3.05) is 11.8 Å². The number of aromatic nitrogens is 2. The molecule has 0 fully saturated rings. The number of H-pyrrole nitrogens is 1. The van der Waals surface area contributed by atoms with E-state index in [-0.39, 0.29) is 9.77 Å². The zero-order valence-electron chi connectivity index (χ0n) is 10.8. The maximum Gasteiger partial charge on any atom is 0.349 e. The fourth-order valence-corrected chi connectivity index (χ4v) is 4.00. The Labute approximate surface area is 120 Å². The molecular weight excluding hydrogens is 302 g/mol. The van der Waals surface area contributed by atoms with Crippen molar-refractivity contribution in [1.29, 1.82) is 0 Å². The molecule has 0 bridgehead atoms. The van der Waals surface area contributed by atoms with Gasteiger partial charge in [0.05, 0.1) is 13.3 Å². The molecule has 0 aliphatic rings. The van der Waals surface area contributed by atoms with Gasteiger partial charge in [-0.05, 0) is 17.9 Å². The number of nitrogens with one attached hydrogen (secondary N) is 2. The maximum atomic E-state index is 12.3. The average molecular weight is 315 g/mol. The first-order chi connectivity index (χ1) is 9.49. The fraction of sp³-hybridized carbons (Fsp3) is 0.273. The van der Waals surface area contributed by atoms with Crippen molar-refractivity contribution >= 4 is 33.1 Å². The average Bonchev–Trinajstić information content (AvgIpc) is 3.05. The number of ether oxygens (including phenoxy) is 1. The molecule has 2 rings (SSSR count). The minimum Gasteiger partial charge on any atom is -0.465 e. The lowest BCUT2D eigenvalue weighted by atomic mass is 10.3. The van der Waals surface area contributed by atoms with Crippen LogP contribution < -0.4 is 4.72 Å². The van der Waals surface area contributed by atoms with Crippen molar-refractivity contribution < 1.29 is 17.9 Å². The van der Waals surface area contributed by atoms with Crippen LogP contribution in [0.5, 0.6) is 0 Å². The lowest BCUT2D eigenvalue weighted by molar-refractivity contribution is 0.0602. The van der Waals surface area contributed by atoms with E-state index in [1.54, 1.807) is 6.20 Å². The van der Waals surface area contributed by atoms with Gasteiger partial charge in [-0.1, -0.05) is 6.92 Å². The van der Waals surface area contributed by atoms with E-state index in [4.69, 9.17) is 0 Å². The van der Waals surface area contributed by atoms with Gasteiger partial charge in [-0.25, -0.2) is 13.2 Å². The number of esters is 1. The molecule has 2 heterocycles. The number of carbonyl (C=O) groups is 1. The van der Waals surface area contributed by atoms with Crippen molar-refractivity contribution in [2.45, 2.75) is 18.2 Å². The summed E-state index contributed by atoms with van der Waals surface area (Å²) in [6.45, 7) is 1.88. The highest BCUT2D eigenvalue weighted by Gasteiger charge is 2.25. The molecular formula is C11H13N3O4S2. The SMILES string of the molecule is CCc1cn[nH]c1NS(=O)(=O)c1ccsc1C(=O)OC. The van der Waals surface area contributed by atoms with Crippen molar-refractivity contribution in [3.63, 3.8) is 0 Å². The van der Waals surface area contributed by atoms with E-state index in [2.05, 4.69) is 19.7 Å². The van der Waals surface area contributed by atoms with Crippen molar-refractivity contribution in [2.24, 2.45) is 0 Å². The molecule has 0 aliphatic heterocycles. The second-order valence-electron chi connectivity index (χ2n) is 3.83. The van der Waals surface area contributed by atoms with Crippen molar-refractivity contribution in [3.05, 3.63) is 28.1 Å². The quantitative estimate of drug-likeness (QED) is 0.816. The van der Waals surface area contributed by atoms with E-state index in [9.17, 15) is 13.2 Å². The number of anilines is 1. The molecule has 0 atom stereocenters. The molecule has 7 nitrogen and oxygen atoms in total. The first-order valence-corrected chi connectivity index (χ1v) is 8.06. The van der Waals surface area contributed by atoms with Gasteiger partial charge in [-0.3, -0.25) is 9.82 Å². The minimum absolute atomic E-state index is 0.0394. The van der Waals surface area contributed by atoms with E-state index in [1.807, 2.05) is 6.92 Å². The smallest absolute Gasteiger partial charge is 0.349 e. The number of hydrogen-bond acceptors (Lipinski definition) is 6. The summed E-state index contributed by atoms with van der Waals surface area (Å²) in [5, 5.41) is 7.90. The monoisotopic (exact) mass is 315 g/mol. The Bertz CT molecular complexity index is 718. The van der Waals surface area contributed by atoms with Crippen molar-refractivity contribution in [1.82, 2.24) is 10.2 Å². The summed E-state index contributed by atoms with van der Waals surface area (Å²) < 4.78 is 31.6. The van der Waals surface area contributed by atoms with E-state index in [0.717, 1.165) is 16.9 Å².